The van der Waals surface area contributed by atoms with Crippen molar-refractivity contribution < 1.29 is 9.59 Å². The Kier molecular flexibility index (Phi) is 12.9. The van der Waals surface area contributed by atoms with Gasteiger partial charge in [-0.1, -0.05) is 94.9 Å². The molecule has 0 aliphatic carbocycles. The van der Waals surface area contributed by atoms with Crippen LogP contribution in [0.3, 0.4) is 0 Å². The Labute approximate surface area is 337 Å². The predicted octanol–water partition coefficient (Wildman–Crippen LogP) is 13.4. The van der Waals surface area contributed by atoms with Crippen molar-refractivity contribution in [3.8, 4) is 21.1 Å². The van der Waals surface area contributed by atoms with Crippen LogP contribution in [0.1, 0.15) is 0 Å². The van der Waals surface area contributed by atoms with Gasteiger partial charge < -0.3 is 16.4 Å². The Bertz CT molecular complexity index is 2580. The summed E-state index contributed by atoms with van der Waals surface area (Å²) in [5.74, 6) is 0. The molecule has 0 spiro atoms. The van der Waals surface area contributed by atoms with Gasteiger partial charge in [-0.3, -0.25) is 0 Å². The van der Waals surface area contributed by atoms with Crippen LogP contribution in [-0.4, -0.2) is 22.1 Å². The summed E-state index contributed by atoms with van der Waals surface area (Å²) in [5.41, 5.74) is 12.3. The number of carbonyl (C=O) groups excluding carboxylic acids is 2. The van der Waals surface area contributed by atoms with E-state index in [9.17, 15) is 9.59 Å². The second-order valence-electron chi connectivity index (χ2n) is 11.1. The molecule has 0 aliphatic heterocycles. The Morgan fingerprint density at radius 2 is 1.15 bits per heavy atom. The van der Waals surface area contributed by atoms with Crippen LogP contribution in [0.5, 0.6) is 0 Å². The standard InChI is InChI=1S/C20H13Cl2N3OS.C13H10N2S.C7H3Cl2NO/c21-14-10-9-12(11-15(14)22)23-20(26)25-16-6-2-1-5-13(16)19-24-17-7-3-4-8-18(17)27-19;14-10-6-2-1-5-9(10)13-15-11-7-3-4-8-12(11)16-13;8-6-2-1-5(10-4-11)3-7(6)9/h1-11H,(H2,23,25,26);1-8H,14H2;1-3H. The predicted molar refractivity (Wildman–Crippen MR) is 228 cm³/mol. The number of halogens is 4. The first-order chi connectivity index (χ1) is 26.2. The lowest BCUT2D eigenvalue weighted by molar-refractivity contribution is 0.262. The number of nitrogens with zero attached hydrogens (tertiary/aromatic N) is 3. The van der Waals surface area contributed by atoms with Crippen molar-refractivity contribution in [3.05, 3.63) is 154 Å². The summed E-state index contributed by atoms with van der Waals surface area (Å²) >= 11 is 26.4. The van der Waals surface area contributed by atoms with Crippen molar-refractivity contribution in [1.82, 2.24) is 9.97 Å². The number of anilines is 3. The zero-order valence-corrected chi connectivity index (χ0v) is 32.4. The highest BCUT2D eigenvalue weighted by molar-refractivity contribution is 7.22. The second kappa shape index (κ2) is 18.2. The van der Waals surface area contributed by atoms with Crippen LogP contribution in [0.4, 0.5) is 27.5 Å². The Morgan fingerprint density at radius 3 is 1.74 bits per heavy atom. The first-order valence-corrected chi connectivity index (χ1v) is 19.0. The number of aromatic nitrogens is 2. The van der Waals surface area contributed by atoms with Gasteiger partial charge in [0.05, 0.1) is 51.9 Å². The van der Waals surface area contributed by atoms with Crippen LogP contribution in [0.15, 0.2) is 138 Å². The van der Waals surface area contributed by atoms with Crippen LogP contribution >= 0.6 is 69.1 Å². The lowest BCUT2D eigenvalue weighted by Gasteiger charge is -2.11. The summed E-state index contributed by atoms with van der Waals surface area (Å²) < 4.78 is 2.29. The van der Waals surface area contributed by atoms with Crippen LogP contribution < -0.4 is 16.4 Å². The van der Waals surface area contributed by atoms with Gasteiger partial charge in [-0.25, -0.2) is 19.6 Å². The number of carbonyl (C=O) groups is 1. The number of nitrogens with one attached hydrogen (secondary N) is 2. The van der Waals surface area contributed by atoms with Crippen LogP contribution in [0.25, 0.3) is 41.6 Å². The average molecular weight is 829 g/mol. The quantitative estimate of drug-likeness (QED) is 0.0906. The van der Waals surface area contributed by atoms with Gasteiger partial charge in [0.15, 0.2) is 0 Å². The van der Waals surface area contributed by atoms with Crippen LogP contribution in [-0.2, 0) is 4.79 Å². The fourth-order valence-corrected chi connectivity index (χ4v) is 7.52. The fraction of sp³-hybridized carbons (Fsp3) is 0. The number of benzene rings is 6. The maximum Gasteiger partial charge on any atom is 0.323 e. The van der Waals surface area contributed by atoms with Crippen LogP contribution in [0.2, 0.25) is 20.1 Å². The Morgan fingerprint density at radius 1 is 0.611 bits per heavy atom. The van der Waals surface area contributed by atoms with E-state index in [1.807, 2.05) is 91.0 Å². The number of aliphatic imine (C=N–C) groups is 1. The van der Waals surface area contributed by atoms with Crippen molar-refractivity contribution in [3.63, 3.8) is 0 Å². The molecule has 0 bridgehead atoms. The number of nitrogen functional groups attached to an aromatic ring is 1. The number of thiazole rings is 2. The van der Waals surface area contributed by atoms with Gasteiger partial charge in [-0.15, -0.1) is 22.7 Å². The molecule has 0 saturated heterocycles. The summed E-state index contributed by atoms with van der Waals surface area (Å²) in [5, 5.41) is 9.10. The van der Waals surface area contributed by atoms with E-state index in [0.717, 1.165) is 42.6 Å². The van der Waals surface area contributed by atoms with E-state index in [2.05, 4.69) is 31.7 Å². The molecule has 0 saturated carbocycles. The van der Waals surface area contributed by atoms with Crippen LogP contribution in [0, 0.1) is 0 Å². The molecule has 2 aromatic heterocycles. The monoisotopic (exact) mass is 826 g/mol. The number of fused-ring (bicyclic) bond motifs is 2. The number of hydrogen-bond acceptors (Lipinski definition) is 8. The van der Waals surface area contributed by atoms with Crippen molar-refractivity contribution in [2.45, 2.75) is 0 Å². The molecule has 54 heavy (non-hydrogen) atoms. The van der Waals surface area contributed by atoms with Gasteiger partial charge in [0.25, 0.3) is 0 Å². The van der Waals surface area contributed by atoms with E-state index >= 15 is 0 Å². The lowest BCUT2D eigenvalue weighted by Crippen LogP contribution is -2.19. The van der Waals surface area contributed by atoms with Gasteiger partial charge in [-0.05, 0) is 84.9 Å². The molecule has 8 aromatic rings. The molecule has 0 unspecified atom stereocenters. The van der Waals surface area contributed by atoms with E-state index in [4.69, 9.17) is 52.1 Å². The van der Waals surface area contributed by atoms with Gasteiger partial charge in [0.1, 0.15) is 10.0 Å². The summed E-state index contributed by atoms with van der Waals surface area (Å²) in [6.07, 6.45) is 1.40. The largest absolute Gasteiger partial charge is 0.398 e. The molecule has 8 rings (SSSR count). The van der Waals surface area contributed by atoms with Crippen molar-refractivity contribution in [1.29, 1.82) is 0 Å². The smallest absolute Gasteiger partial charge is 0.323 e. The molecule has 0 radical (unpaired) electrons. The van der Waals surface area contributed by atoms with Gasteiger partial charge in [0.2, 0.25) is 6.08 Å². The first kappa shape index (κ1) is 38.4. The van der Waals surface area contributed by atoms with Gasteiger partial charge >= 0.3 is 6.03 Å². The summed E-state index contributed by atoms with van der Waals surface area (Å²) in [4.78, 5) is 34.8. The number of para-hydroxylation sites is 4. The summed E-state index contributed by atoms with van der Waals surface area (Å²) in [7, 11) is 0. The normalized spacial score (nSPS) is 10.4. The minimum atomic E-state index is -0.373. The lowest BCUT2D eigenvalue weighted by atomic mass is 10.2. The average Bonchev–Trinajstić information content (AvgIpc) is 3.81. The molecule has 14 heteroatoms. The van der Waals surface area contributed by atoms with Crippen molar-refractivity contribution in [2.75, 3.05) is 16.4 Å². The summed E-state index contributed by atoms with van der Waals surface area (Å²) in [6.45, 7) is 0. The highest BCUT2D eigenvalue weighted by Crippen LogP contribution is 2.35. The maximum absolute atomic E-state index is 12.4. The molecular weight excluding hydrogens is 802 g/mol. The molecule has 0 fully saturated rings. The van der Waals surface area contributed by atoms with E-state index in [1.165, 1.54) is 16.8 Å². The molecule has 0 aliphatic rings. The molecule has 8 nitrogen and oxygen atoms in total. The molecule has 0 atom stereocenters. The SMILES string of the molecule is Nc1ccccc1-c1nc2ccccc2s1.O=C(Nc1ccc(Cl)c(Cl)c1)Nc1ccccc1-c1nc2ccccc2s1.O=C=Nc1ccc(Cl)c(Cl)c1. The molecule has 2 amide bonds. The number of hydrogen-bond donors (Lipinski definition) is 3. The Hall–Kier alpha value is -5.29. The van der Waals surface area contributed by atoms with Gasteiger partial charge in [-0.2, -0.15) is 4.99 Å². The van der Waals surface area contributed by atoms with Gasteiger partial charge in [0, 0.05) is 22.5 Å². The number of urea groups is 1. The minimum Gasteiger partial charge on any atom is -0.398 e. The van der Waals surface area contributed by atoms with E-state index in [-0.39, 0.29) is 6.03 Å². The van der Waals surface area contributed by atoms with E-state index in [1.54, 1.807) is 53.0 Å². The highest BCUT2D eigenvalue weighted by atomic mass is 35.5. The molecular formula is C40H26Cl4N6O2S2. The van der Waals surface area contributed by atoms with Crippen molar-refractivity contribution in [2.24, 2.45) is 4.99 Å². The second-order valence-corrected chi connectivity index (χ2v) is 14.8. The third-order valence-electron chi connectivity index (χ3n) is 7.44. The number of nitrogens with two attached hydrogens (primary N) is 1. The third-order valence-corrected chi connectivity index (χ3v) is 11.1. The molecule has 2 heterocycles. The Balaban J connectivity index is 0.000000155. The number of isocyanates is 1. The molecule has 268 valence electrons. The first-order valence-electron chi connectivity index (χ1n) is 15.9. The zero-order chi connectivity index (χ0) is 38.0. The summed E-state index contributed by atoms with van der Waals surface area (Å²) in [6, 6.07) is 40.7. The fourth-order valence-electron chi connectivity index (χ4n) is 4.91. The third kappa shape index (κ3) is 9.82. The van der Waals surface area contributed by atoms with E-state index in [0.29, 0.717) is 37.2 Å². The maximum atomic E-state index is 12.4. The molecule has 4 N–H and O–H groups in total. The number of amides is 2. The van der Waals surface area contributed by atoms with Crippen molar-refractivity contribution >= 4 is 124 Å². The van der Waals surface area contributed by atoms with E-state index < -0.39 is 0 Å². The number of rotatable bonds is 5. The highest BCUT2D eigenvalue weighted by Gasteiger charge is 2.13. The topological polar surface area (TPSA) is 122 Å². The minimum absolute atomic E-state index is 0.373. The zero-order valence-electron chi connectivity index (χ0n) is 27.8. The molecule has 6 aromatic carbocycles.